The normalized spacial score (nSPS) is 16.6. The molecule has 1 aliphatic heterocycles. The smallest absolute Gasteiger partial charge is 0.242 e. The summed E-state index contributed by atoms with van der Waals surface area (Å²) >= 11 is 0. The number of sulfonamides is 1. The van der Waals surface area contributed by atoms with Crippen LogP contribution in [-0.2, 0) is 14.8 Å². The third-order valence-corrected chi connectivity index (χ3v) is 6.75. The molecule has 9 heteroatoms. The van der Waals surface area contributed by atoms with Gasteiger partial charge in [-0.3, -0.25) is 9.59 Å². The van der Waals surface area contributed by atoms with E-state index in [9.17, 15) is 18.0 Å². The average molecular weight is 432 g/mol. The van der Waals surface area contributed by atoms with Crippen LogP contribution in [0.5, 0.6) is 0 Å². The van der Waals surface area contributed by atoms with Gasteiger partial charge >= 0.3 is 0 Å². The molecule has 1 heterocycles. The minimum absolute atomic E-state index is 0. The molecule has 1 amide bonds. The molecule has 0 bridgehead atoms. The summed E-state index contributed by atoms with van der Waals surface area (Å²) in [6.07, 6.45) is 2.89. The standard InChI is InChI=1S/C19H29N3O4S.ClH/c1-15(23)17-5-7-18(8-6-17)27(25,26)22(2)13-3-4-19(24)21-12-10-16-9-11-20-14-16;/h5-8,16,20H,3-4,9-14H2,1-2H3,(H,21,24);1H. The molecule has 158 valence electrons. The van der Waals surface area contributed by atoms with Crippen molar-refractivity contribution in [3.8, 4) is 0 Å². The van der Waals surface area contributed by atoms with E-state index in [1.165, 1.54) is 42.5 Å². The summed E-state index contributed by atoms with van der Waals surface area (Å²) in [7, 11) is -2.12. The Morgan fingerprint density at radius 1 is 1.25 bits per heavy atom. The predicted octanol–water partition coefficient (Wildman–Crippen LogP) is 1.83. The number of nitrogens with one attached hydrogen (secondary N) is 2. The monoisotopic (exact) mass is 431 g/mol. The lowest BCUT2D eigenvalue weighted by atomic mass is 10.1. The van der Waals surface area contributed by atoms with Gasteiger partial charge in [-0.05, 0) is 57.3 Å². The molecule has 1 fully saturated rings. The van der Waals surface area contributed by atoms with Crippen LogP contribution in [0.15, 0.2) is 29.2 Å². The third-order valence-electron chi connectivity index (χ3n) is 4.88. The molecule has 1 atom stereocenters. The number of rotatable bonds is 10. The van der Waals surface area contributed by atoms with Gasteiger partial charge in [0.15, 0.2) is 5.78 Å². The van der Waals surface area contributed by atoms with Crippen molar-refractivity contribution in [3.63, 3.8) is 0 Å². The summed E-state index contributed by atoms with van der Waals surface area (Å²) in [5.74, 6) is 0.482. The first kappa shape index (κ1) is 24.6. The third kappa shape index (κ3) is 7.16. The van der Waals surface area contributed by atoms with E-state index < -0.39 is 10.0 Å². The van der Waals surface area contributed by atoms with Gasteiger partial charge in [0.25, 0.3) is 0 Å². The Morgan fingerprint density at radius 3 is 2.50 bits per heavy atom. The summed E-state index contributed by atoms with van der Waals surface area (Å²) in [5.41, 5.74) is 0.474. The molecule has 1 saturated heterocycles. The van der Waals surface area contributed by atoms with Crippen LogP contribution in [0.2, 0.25) is 0 Å². The first-order chi connectivity index (χ1) is 12.8. The molecule has 0 spiro atoms. The number of hydrogen-bond acceptors (Lipinski definition) is 5. The summed E-state index contributed by atoms with van der Waals surface area (Å²) in [5, 5.41) is 6.21. The molecular weight excluding hydrogens is 402 g/mol. The van der Waals surface area contributed by atoms with Crippen molar-refractivity contribution in [1.82, 2.24) is 14.9 Å². The Balaban J connectivity index is 0.00000392. The van der Waals surface area contributed by atoms with Gasteiger partial charge in [-0.2, -0.15) is 0 Å². The highest BCUT2D eigenvalue weighted by Gasteiger charge is 2.21. The molecule has 2 N–H and O–H groups in total. The Kier molecular flexibility index (Phi) is 10.1. The Bertz CT molecular complexity index is 747. The van der Waals surface area contributed by atoms with Crippen molar-refractivity contribution in [1.29, 1.82) is 0 Å². The fourth-order valence-corrected chi connectivity index (χ4v) is 4.30. The molecule has 1 aromatic rings. The van der Waals surface area contributed by atoms with E-state index in [-0.39, 0.29) is 35.5 Å². The van der Waals surface area contributed by atoms with Crippen LogP contribution < -0.4 is 10.6 Å². The van der Waals surface area contributed by atoms with Gasteiger partial charge in [-0.25, -0.2) is 12.7 Å². The fraction of sp³-hybridized carbons (Fsp3) is 0.579. The second-order valence-electron chi connectivity index (χ2n) is 7.01. The number of ketones is 1. The van der Waals surface area contributed by atoms with Crippen LogP contribution in [0.1, 0.15) is 43.0 Å². The highest BCUT2D eigenvalue weighted by molar-refractivity contribution is 7.89. The maximum Gasteiger partial charge on any atom is 0.242 e. The van der Waals surface area contributed by atoms with Gasteiger partial charge < -0.3 is 10.6 Å². The molecule has 7 nitrogen and oxygen atoms in total. The number of amides is 1. The van der Waals surface area contributed by atoms with E-state index in [0.717, 1.165) is 25.9 Å². The van der Waals surface area contributed by atoms with Crippen molar-refractivity contribution in [2.75, 3.05) is 33.2 Å². The van der Waals surface area contributed by atoms with Crippen molar-refractivity contribution in [2.24, 2.45) is 5.92 Å². The van der Waals surface area contributed by atoms with Gasteiger partial charge in [0.1, 0.15) is 0 Å². The molecule has 0 saturated carbocycles. The Morgan fingerprint density at radius 2 is 1.93 bits per heavy atom. The molecular formula is C19H30ClN3O4S. The first-order valence-corrected chi connectivity index (χ1v) is 10.8. The maximum atomic E-state index is 12.5. The van der Waals surface area contributed by atoms with Gasteiger partial charge in [0, 0.05) is 32.1 Å². The van der Waals surface area contributed by atoms with E-state index in [4.69, 9.17) is 0 Å². The van der Waals surface area contributed by atoms with E-state index in [1.54, 1.807) is 0 Å². The van der Waals surface area contributed by atoms with E-state index >= 15 is 0 Å². The highest BCUT2D eigenvalue weighted by atomic mass is 35.5. The number of benzene rings is 1. The molecule has 28 heavy (non-hydrogen) atoms. The molecule has 0 aliphatic carbocycles. The van der Waals surface area contributed by atoms with Gasteiger partial charge in [-0.15, -0.1) is 12.4 Å². The van der Waals surface area contributed by atoms with Crippen LogP contribution in [-0.4, -0.2) is 57.6 Å². The van der Waals surface area contributed by atoms with Crippen molar-refractivity contribution in [2.45, 2.75) is 37.5 Å². The van der Waals surface area contributed by atoms with Gasteiger partial charge in [0.05, 0.1) is 4.90 Å². The summed E-state index contributed by atoms with van der Waals surface area (Å²) in [6, 6.07) is 5.90. The fourth-order valence-electron chi connectivity index (χ4n) is 3.09. The molecule has 0 aromatic heterocycles. The highest BCUT2D eigenvalue weighted by Crippen LogP contribution is 2.16. The summed E-state index contributed by atoms with van der Waals surface area (Å²) in [6.45, 7) is 4.44. The van der Waals surface area contributed by atoms with Crippen molar-refractivity contribution < 1.29 is 18.0 Å². The van der Waals surface area contributed by atoms with E-state index in [0.29, 0.717) is 30.9 Å². The average Bonchev–Trinajstić information content (AvgIpc) is 3.15. The topological polar surface area (TPSA) is 95.6 Å². The van der Waals surface area contributed by atoms with Gasteiger partial charge in [0.2, 0.25) is 15.9 Å². The number of carbonyl (C=O) groups excluding carboxylic acids is 2. The largest absolute Gasteiger partial charge is 0.356 e. The second-order valence-corrected chi connectivity index (χ2v) is 9.05. The zero-order valence-electron chi connectivity index (χ0n) is 16.4. The molecule has 1 aromatic carbocycles. The first-order valence-electron chi connectivity index (χ1n) is 9.35. The lowest BCUT2D eigenvalue weighted by Gasteiger charge is -2.17. The van der Waals surface area contributed by atoms with E-state index in [1.807, 2.05) is 0 Å². The minimum atomic E-state index is -3.62. The number of halogens is 1. The van der Waals surface area contributed by atoms with Crippen LogP contribution in [0.3, 0.4) is 0 Å². The zero-order valence-corrected chi connectivity index (χ0v) is 18.1. The Labute approximate surface area is 173 Å². The lowest BCUT2D eigenvalue weighted by molar-refractivity contribution is -0.121. The SMILES string of the molecule is CC(=O)c1ccc(S(=O)(=O)N(C)CCCC(=O)NCCC2CCNC2)cc1.Cl. The molecule has 1 unspecified atom stereocenters. The van der Waals surface area contributed by atoms with Crippen LogP contribution in [0.4, 0.5) is 0 Å². The minimum Gasteiger partial charge on any atom is -0.356 e. The van der Waals surface area contributed by atoms with Crippen LogP contribution in [0.25, 0.3) is 0 Å². The Hall–Kier alpha value is -1.48. The molecule has 0 radical (unpaired) electrons. The lowest BCUT2D eigenvalue weighted by Crippen LogP contribution is -2.30. The number of nitrogens with zero attached hydrogens (tertiary/aromatic N) is 1. The number of hydrogen-bond donors (Lipinski definition) is 2. The van der Waals surface area contributed by atoms with Crippen LogP contribution in [0, 0.1) is 5.92 Å². The second kappa shape index (κ2) is 11.5. The number of carbonyl (C=O) groups is 2. The maximum absolute atomic E-state index is 12.5. The van der Waals surface area contributed by atoms with Crippen molar-refractivity contribution in [3.05, 3.63) is 29.8 Å². The van der Waals surface area contributed by atoms with E-state index in [2.05, 4.69) is 10.6 Å². The summed E-state index contributed by atoms with van der Waals surface area (Å²) in [4.78, 5) is 23.3. The van der Waals surface area contributed by atoms with Crippen LogP contribution >= 0.6 is 12.4 Å². The summed E-state index contributed by atoms with van der Waals surface area (Å²) < 4.78 is 26.3. The number of Topliss-reactive ketones (excluding diaryl/α,β-unsaturated/α-hetero) is 1. The zero-order chi connectivity index (χ0) is 19.9. The quantitative estimate of drug-likeness (QED) is 0.551. The molecule has 1 aliphatic rings. The molecule has 2 rings (SSSR count). The predicted molar refractivity (Wildman–Crippen MR) is 111 cm³/mol. The van der Waals surface area contributed by atoms with Gasteiger partial charge in [-0.1, -0.05) is 12.1 Å². The van der Waals surface area contributed by atoms with Crippen molar-refractivity contribution >= 4 is 34.1 Å².